The van der Waals surface area contributed by atoms with Crippen molar-refractivity contribution >= 4 is 11.4 Å². The van der Waals surface area contributed by atoms with E-state index in [9.17, 15) is 0 Å². The summed E-state index contributed by atoms with van der Waals surface area (Å²) >= 11 is 0. The number of rotatable bonds is 37. The Hall–Kier alpha value is -3.52. The monoisotopic (exact) mass is 841 g/mol. The van der Waals surface area contributed by atoms with Crippen LogP contribution >= 0.6 is 0 Å². The zero-order chi connectivity index (χ0) is 43.7. The van der Waals surface area contributed by atoms with Crippen molar-refractivity contribution in [2.24, 2.45) is 0 Å². The van der Waals surface area contributed by atoms with Gasteiger partial charge in [-0.15, -0.1) is 0 Å². The highest BCUT2D eigenvalue weighted by Crippen LogP contribution is 2.33. The summed E-state index contributed by atoms with van der Waals surface area (Å²) < 4.78 is 0. The maximum absolute atomic E-state index is 6.07. The van der Waals surface area contributed by atoms with Crippen LogP contribution in [-0.4, -0.2) is 0 Å². The molecular formula is C60H92N2. The average Bonchev–Trinajstić information content (AvgIpc) is 3.29. The lowest BCUT2D eigenvalue weighted by molar-refractivity contribution is 0.540. The quantitative estimate of drug-likeness (QED) is 0.0351. The SMILES string of the molecule is CCCCCCCCCCCCC(c1ccc(N)cc1)c1ccc(CCCCCCCCCCc2ccc(C(CCCCCCCCCCCC)c3ccc(N)cc3)cc2)cc1. The molecule has 0 aliphatic heterocycles. The average molecular weight is 841 g/mol. The second-order valence-electron chi connectivity index (χ2n) is 19.2. The summed E-state index contributed by atoms with van der Waals surface area (Å²) in [7, 11) is 0. The van der Waals surface area contributed by atoms with Crippen LogP contribution in [0.5, 0.6) is 0 Å². The van der Waals surface area contributed by atoms with E-state index in [0.29, 0.717) is 11.8 Å². The number of hydrogen-bond acceptors (Lipinski definition) is 2. The third kappa shape index (κ3) is 21.7. The molecule has 0 heterocycles. The maximum Gasteiger partial charge on any atom is 0.0314 e. The van der Waals surface area contributed by atoms with Gasteiger partial charge in [0, 0.05) is 23.2 Å². The molecule has 4 rings (SSSR count). The summed E-state index contributed by atoms with van der Waals surface area (Å²) in [5.41, 5.74) is 22.6. The van der Waals surface area contributed by atoms with E-state index in [4.69, 9.17) is 11.5 Å². The molecule has 0 aromatic heterocycles. The van der Waals surface area contributed by atoms with Crippen LogP contribution in [0.1, 0.15) is 252 Å². The molecular weight excluding hydrogens is 749 g/mol. The largest absolute Gasteiger partial charge is 0.399 e. The smallest absolute Gasteiger partial charge is 0.0314 e. The standard InChI is InChI=1S/C60H92N2/c1-3-5-7-9-11-13-15-21-25-29-33-59(55-43-47-57(61)48-44-55)53-39-35-51(36-40-53)31-27-23-19-17-18-20-24-28-32-52-37-41-54(42-38-52)60(56-45-49-58(62)50-46-56)34-30-26-22-16-14-12-10-8-6-4-2/h35-50,59-60H,3-34,61-62H2,1-2H3. The second kappa shape index (κ2) is 33.1. The summed E-state index contributed by atoms with van der Waals surface area (Å²) in [6, 6.07) is 36.6. The molecule has 0 spiro atoms. The molecule has 4 aromatic carbocycles. The van der Waals surface area contributed by atoms with Gasteiger partial charge in [-0.25, -0.2) is 0 Å². The third-order valence-electron chi connectivity index (χ3n) is 13.8. The van der Waals surface area contributed by atoms with Gasteiger partial charge in [0.25, 0.3) is 0 Å². The topological polar surface area (TPSA) is 52.0 Å². The van der Waals surface area contributed by atoms with Crippen LogP contribution in [0.3, 0.4) is 0 Å². The zero-order valence-corrected chi connectivity index (χ0v) is 40.2. The molecule has 0 fully saturated rings. The Labute approximate surface area is 382 Å². The molecule has 2 heteroatoms. The lowest BCUT2D eigenvalue weighted by Gasteiger charge is -2.19. The summed E-state index contributed by atoms with van der Waals surface area (Å²) in [6.45, 7) is 4.60. The van der Waals surface area contributed by atoms with E-state index >= 15 is 0 Å². The fourth-order valence-electron chi connectivity index (χ4n) is 9.73. The van der Waals surface area contributed by atoms with Gasteiger partial charge in [-0.2, -0.15) is 0 Å². The molecule has 0 saturated heterocycles. The van der Waals surface area contributed by atoms with Crippen molar-refractivity contribution in [3.05, 3.63) is 130 Å². The predicted molar refractivity (Wildman–Crippen MR) is 276 cm³/mol. The van der Waals surface area contributed by atoms with Crippen molar-refractivity contribution in [1.29, 1.82) is 0 Å². The number of benzene rings is 4. The first kappa shape index (κ1) is 51.1. The number of nitrogens with two attached hydrogens (primary N) is 2. The van der Waals surface area contributed by atoms with Crippen LogP contribution in [-0.2, 0) is 12.8 Å². The molecule has 62 heavy (non-hydrogen) atoms. The maximum atomic E-state index is 6.07. The minimum absolute atomic E-state index is 0.460. The van der Waals surface area contributed by atoms with Crippen molar-refractivity contribution in [3.8, 4) is 0 Å². The Balaban J connectivity index is 1.07. The van der Waals surface area contributed by atoms with Gasteiger partial charge in [0.2, 0.25) is 0 Å². The molecule has 2 nitrogen and oxygen atoms in total. The molecule has 0 saturated carbocycles. The van der Waals surface area contributed by atoms with Crippen LogP contribution in [0.15, 0.2) is 97.1 Å². The van der Waals surface area contributed by atoms with Gasteiger partial charge in [0.15, 0.2) is 0 Å². The van der Waals surface area contributed by atoms with Crippen molar-refractivity contribution < 1.29 is 0 Å². The van der Waals surface area contributed by atoms with Crippen LogP contribution in [0.4, 0.5) is 11.4 Å². The summed E-state index contributed by atoms with van der Waals surface area (Å²) in [5.74, 6) is 0.920. The van der Waals surface area contributed by atoms with E-state index < -0.39 is 0 Å². The first-order valence-electron chi connectivity index (χ1n) is 26.5. The van der Waals surface area contributed by atoms with Crippen molar-refractivity contribution in [2.45, 2.75) is 231 Å². The molecule has 4 aromatic rings. The van der Waals surface area contributed by atoms with Crippen molar-refractivity contribution in [1.82, 2.24) is 0 Å². The second-order valence-corrected chi connectivity index (χ2v) is 19.2. The van der Waals surface area contributed by atoms with E-state index in [0.717, 1.165) is 11.4 Å². The summed E-state index contributed by atoms with van der Waals surface area (Å²) in [6.07, 6.45) is 43.3. The number of unbranched alkanes of at least 4 members (excludes halogenated alkanes) is 25. The zero-order valence-electron chi connectivity index (χ0n) is 40.2. The van der Waals surface area contributed by atoms with Crippen LogP contribution < -0.4 is 11.5 Å². The Morgan fingerprint density at radius 1 is 0.274 bits per heavy atom. The molecule has 2 atom stereocenters. The summed E-state index contributed by atoms with van der Waals surface area (Å²) in [4.78, 5) is 0. The third-order valence-corrected chi connectivity index (χ3v) is 13.8. The van der Waals surface area contributed by atoms with E-state index in [1.807, 2.05) is 0 Å². The summed E-state index contributed by atoms with van der Waals surface area (Å²) in [5, 5.41) is 0. The number of anilines is 2. The van der Waals surface area contributed by atoms with E-state index in [1.54, 1.807) is 0 Å². The molecule has 0 bridgehead atoms. The lowest BCUT2D eigenvalue weighted by atomic mass is 9.86. The molecule has 0 radical (unpaired) electrons. The van der Waals surface area contributed by atoms with Crippen LogP contribution in [0.25, 0.3) is 0 Å². The van der Waals surface area contributed by atoms with E-state index in [2.05, 4.69) is 111 Å². The van der Waals surface area contributed by atoms with Crippen LogP contribution in [0, 0.1) is 0 Å². The number of aryl methyl sites for hydroxylation is 2. The normalized spacial score (nSPS) is 12.5. The van der Waals surface area contributed by atoms with Gasteiger partial charge in [0.05, 0.1) is 0 Å². The van der Waals surface area contributed by atoms with Gasteiger partial charge in [-0.05, 0) is 96.2 Å². The Morgan fingerprint density at radius 3 is 0.774 bits per heavy atom. The van der Waals surface area contributed by atoms with E-state index in [-0.39, 0.29) is 0 Å². The minimum Gasteiger partial charge on any atom is -0.399 e. The molecule has 0 aliphatic rings. The Morgan fingerprint density at radius 2 is 0.500 bits per heavy atom. The van der Waals surface area contributed by atoms with Gasteiger partial charge >= 0.3 is 0 Å². The molecule has 0 amide bonds. The first-order valence-corrected chi connectivity index (χ1v) is 26.5. The van der Waals surface area contributed by atoms with E-state index in [1.165, 1.54) is 239 Å². The molecule has 2 unspecified atom stereocenters. The highest BCUT2D eigenvalue weighted by molar-refractivity contribution is 5.44. The highest BCUT2D eigenvalue weighted by atomic mass is 14.5. The van der Waals surface area contributed by atoms with Gasteiger partial charge in [-0.3, -0.25) is 0 Å². The lowest BCUT2D eigenvalue weighted by Crippen LogP contribution is -2.02. The number of hydrogen-bond donors (Lipinski definition) is 2. The number of nitrogen functional groups attached to an aromatic ring is 2. The van der Waals surface area contributed by atoms with Gasteiger partial charge < -0.3 is 11.5 Å². The van der Waals surface area contributed by atoms with Gasteiger partial charge in [-0.1, -0.05) is 254 Å². The van der Waals surface area contributed by atoms with Crippen LogP contribution in [0.2, 0.25) is 0 Å². The Bertz CT molecular complexity index is 1500. The minimum atomic E-state index is 0.460. The fourth-order valence-corrected chi connectivity index (χ4v) is 9.73. The molecule has 342 valence electrons. The van der Waals surface area contributed by atoms with Crippen molar-refractivity contribution in [2.75, 3.05) is 11.5 Å². The molecule has 0 aliphatic carbocycles. The van der Waals surface area contributed by atoms with Crippen molar-refractivity contribution in [3.63, 3.8) is 0 Å². The predicted octanol–water partition coefficient (Wildman–Crippen LogP) is 18.6. The fraction of sp³-hybridized carbons (Fsp3) is 0.600. The first-order chi connectivity index (χ1) is 30.6. The Kier molecular flexibility index (Phi) is 27.3. The highest BCUT2D eigenvalue weighted by Gasteiger charge is 2.16. The molecule has 4 N–H and O–H groups in total. The van der Waals surface area contributed by atoms with Gasteiger partial charge in [0.1, 0.15) is 0 Å².